The summed E-state index contributed by atoms with van der Waals surface area (Å²) in [6, 6.07) is 13.6. The third-order valence-corrected chi connectivity index (χ3v) is 6.67. The summed E-state index contributed by atoms with van der Waals surface area (Å²) in [6.45, 7) is 7.02. The molecule has 0 aliphatic carbocycles. The van der Waals surface area contributed by atoms with E-state index >= 15 is 0 Å². The van der Waals surface area contributed by atoms with E-state index in [9.17, 15) is 10.2 Å². The average Bonchev–Trinajstić information content (AvgIpc) is 3.28. The van der Waals surface area contributed by atoms with Gasteiger partial charge in [0.15, 0.2) is 11.5 Å². The zero-order valence-corrected chi connectivity index (χ0v) is 21.4. The minimum Gasteiger partial charge on any atom is -0.493 e. The van der Waals surface area contributed by atoms with Gasteiger partial charge in [0.05, 0.1) is 19.8 Å². The first-order valence-corrected chi connectivity index (χ1v) is 12.5. The van der Waals surface area contributed by atoms with E-state index in [0.717, 1.165) is 29.9 Å². The lowest BCUT2D eigenvalue weighted by molar-refractivity contribution is -0.140. The molecule has 194 valence electrons. The summed E-state index contributed by atoms with van der Waals surface area (Å²) in [5.41, 5.74) is 0.786. The third-order valence-electron chi connectivity index (χ3n) is 6.67. The Kier molecular flexibility index (Phi) is 8.51. The molecule has 1 fully saturated rings. The van der Waals surface area contributed by atoms with Gasteiger partial charge < -0.3 is 29.0 Å². The number of hydrogen-bond acceptors (Lipinski definition) is 7. The largest absolute Gasteiger partial charge is 0.493 e. The van der Waals surface area contributed by atoms with Crippen molar-refractivity contribution in [3.8, 4) is 17.2 Å². The van der Waals surface area contributed by atoms with Gasteiger partial charge in [-0.05, 0) is 62.1 Å². The number of nitrogens with zero attached hydrogens (tertiary/aromatic N) is 3. The molecule has 4 rings (SSSR count). The molecule has 0 radical (unpaired) electrons. The normalized spacial score (nSPS) is 20.3. The molecule has 8 heteroatoms. The molecule has 0 saturated carbocycles. The van der Waals surface area contributed by atoms with Crippen LogP contribution in [0.3, 0.4) is 0 Å². The third kappa shape index (κ3) is 6.57. The number of benzene rings is 2. The van der Waals surface area contributed by atoms with E-state index in [-0.39, 0.29) is 6.61 Å². The van der Waals surface area contributed by atoms with E-state index in [4.69, 9.17) is 14.2 Å². The second kappa shape index (κ2) is 11.8. The van der Waals surface area contributed by atoms with Crippen LogP contribution in [-0.2, 0) is 13.1 Å². The smallest absolute Gasteiger partial charge is 0.161 e. The molecule has 36 heavy (non-hydrogen) atoms. The van der Waals surface area contributed by atoms with Gasteiger partial charge in [0.25, 0.3) is 0 Å². The van der Waals surface area contributed by atoms with E-state index in [1.54, 1.807) is 13.3 Å². The molecule has 2 atom stereocenters. The van der Waals surface area contributed by atoms with Crippen LogP contribution in [-0.4, -0.2) is 69.8 Å². The van der Waals surface area contributed by atoms with Crippen molar-refractivity contribution in [1.82, 2.24) is 14.5 Å². The average molecular weight is 496 g/mol. The molecule has 8 nitrogen and oxygen atoms in total. The SMILES string of the molecule is COc1ccc(CN2CC[C@H](O)[C@@](O)(COc3cccc(C)c3)C2)cc1OCCCn1ccnc1C. The van der Waals surface area contributed by atoms with E-state index in [0.29, 0.717) is 49.9 Å². The van der Waals surface area contributed by atoms with Gasteiger partial charge in [-0.25, -0.2) is 4.98 Å². The molecule has 1 aliphatic heterocycles. The fourth-order valence-electron chi connectivity index (χ4n) is 4.58. The molecule has 0 amide bonds. The zero-order chi connectivity index (χ0) is 25.5. The van der Waals surface area contributed by atoms with Crippen molar-refractivity contribution in [1.29, 1.82) is 0 Å². The zero-order valence-electron chi connectivity index (χ0n) is 21.4. The van der Waals surface area contributed by atoms with Crippen LogP contribution >= 0.6 is 0 Å². The summed E-state index contributed by atoms with van der Waals surface area (Å²) in [5.74, 6) is 3.07. The molecule has 0 spiro atoms. The summed E-state index contributed by atoms with van der Waals surface area (Å²) in [5, 5.41) is 21.8. The summed E-state index contributed by atoms with van der Waals surface area (Å²) in [4.78, 5) is 6.39. The lowest BCUT2D eigenvalue weighted by Gasteiger charge is -2.42. The van der Waals surface area contributed by atoms with Crippen LogP contribution in [0.1, 0.15) is 29.8 Å². The number of β-amino-alcohol motifs (C(OH)–C–C–N with tert-alkyl or cyclic N) is 1. The molecule has 2 aromatic carbocycles. The summed E-state index contributed by atoms with van der Waals surface area (Å²) < 4.78 is 19.5. The minimum atomic E-state index is -1.35. The predicted molar refractivity (Wildman–Crippen MR) is 138 cm³/mol. The number of rotatable bonds is 11. The number of ether oxygens (including phenoxy) is 3. The number of piperidine rings is 1. The highest BCUT2D eigenvalue weighted by Crippen LogP contribution is 2.30. The van der Waals surface area contributed by atoms with E-state index in [1.807, 2.05) is 62.5 Å². The van der Waals surface area contributed by atoms with Crippen LogP contribution in [0.25, 0.3) is 0 Å². The van der Waals surface area contributed by atoms with Gasteiger partial charge in [-0.15, -0.1) is 0 Å². The Morgan fingerprint density at radius 1 is 1.11 bits per heavy atom. The number of imidazole rings is 1. The van der Waals surface area contributed by atoms with Crippen LogP contribution in [0, 0.1) is 13.8 Å². The highest BCUT2D eigenvalue weighted by atomic mass is 16.5. The number of aliphatic hydroxyl groups excluding tert-OH is 1. The Bertz CT molecular complexity index is 1130. The number of aromatic nitrogens is 2. The molecule has 2 heterocycles. The van der Waals surface area contributed by atoms with Gasteiger partial charge in [-0.1, -0.05) is 18.2 Å². The lowest BCUT2D eigenvalue weighted by Crippen LogP contribution is -2.59. The van der Waals surface area contributed by atoms with E-state index in [1.165, 1.54) is 0 Å². The summed E-state index contributed by atoms with van der Waals surface area (Å²) in [7, 11) is 1.64. The van der Waals surface area contributed by atoms with Gasteiger partial charge in [0.1, 0.15) is 23.8 Å². The Morgan fingerprint density at radius 3 is 2.72 bits per heavy atom. The molecule has 1 aromatic heterocycles. The molecule has 1 aliphatic rings. The number of methoxy groups -OCH3 is 1. The van der Waals surface area contributed by atoms with Gasteiger partial charge in [0.2, 0.25) is 0 Å². The van der Waals surface area contributed by atoms with Crippen molar-refractivity contribution in [3.05, 3.63) is 71.8 Å². The molecule has 3 aromatic rings. The van der Waals surface area contributed by atoms with Crippen molar-refractivity contribution in [2.45, 2.75) is 51.5 Å². The first-order chi connectivity index (χ1) is 17.4. The second-order valence-corrected chi connectivity index (χ2v) is 9.58. The van der Waals surface area contributed by atoms with Crippen molar-refractivity contribution in [3.63, 3.8) is 0 Å². The van der Waals surface area contributed by atoms with Crippen LogP contribution < -0.4 is 14.2 Å². The van der Waals surface area contributed by atoms with Gasteiger partial charge in [0, 0.05) is 38.6 Å². The fourth-order valence-corrected chi connectivity index (χ4v) is 4.58. The fraction of sp³-hybridized carbons (Fsp3) is 0.464. The number of aryl methyl sites for hydroxylation is 3. The molecular weight excluding hydrogens is 458 g/mol. The first-order valence-electron chi connectivity index (χ1n) is 12.5. The maximum Gasteiger partial charge on any atom is 0.161 e. The highest BCUT2D eigenvalue weighted by molar-refractivity contribution is 5.43. The minimum absolute atomic E-state index is 0.0292. The number of likely N-dealkylation sites (tertiary alicyclic amines) is 1. The van der Waals surface area contributed by atoms with Crippen LogP contribution in [0.2, 0.25) is 0 Å². The van der Waals surface area contributed by atoms with Crippen molar-refractivity contribution in [2.24, 2.45) is 0 Å². The van der Waals surface area contributed by atoms with Crippen LogP contribution in [0.5, 0.6) is 17.2 Å². The van der Waals surface area contributed by atoms with Crippen molar-refractivity contribution < 1.29 is 24.4 Å². The Morgan fingerprint density at radius 2 is 1.97 bits per heavy atom. The number of aliphatic hydroxyl groups is 2. The van der Waals surface area contributed by atoms with Crippen LogP contribution in [0.15, 0.2) is 54.9 Å². The predicted octanol–water partition coefficient (Wildman–Crippen LogP) is 3.35. The van der Waals surface area contributed by atoms with Gasteiger partial charge in [-0.3, -0.25) is 4.90 Å². The van der Waals surface area contributed by atoms with Gasteiger partial charge >= 0.3 is 0 Å². The summed E-state index contributed by atoms with van der Waals surface area (Å²) >= 11 is 0. The van der Waals surface area contributed by atoms with Crippen molar-refractivity contribution >= 4 is 0 Å². The number of hydrogen-bond donors (Lipinski definition) is 2. The molecule has 1 saturated heterocycles. The van der Waals surface area contributed by atoms with E-state index in [2.05, 4.69) is 14.5 Å². The maximum atomic E-state index is 11.2. The lowest BCUT2D eigenvalue weighted by atomic mass is 9.90. The Hall–Kier alpha value is -3.07. The molecule has 2 N–H and O–H groups in total. The molecular formula is C28H37N3O5. The Labute approximate surface area is 213 Å². The molecule has 0 unspecified atom stereocenters. The molecule has 0 bridgehead atoms. The highest BCUT2D eigenvalue weighted by Gasteiger charge is 2.42. The van der Waals surface area contributed by atoms with Gasteiger partial charge in [-0.2, -0.15) is 0 Å². The summed E-state index contributed by atoms with van der Waals surface area (Å²) in [6.07, 6.45) is 4.26. The first kappa shape index (κ1) is 26.0. The van der Waals surface area contributed by atoms with Crippen molar-refractivity contribution in [2.75, 3.05) is 33.4 Å². The monoisotopic (exact) mass is 495 g/mol. The van der Waals surface area contributed by atoms with Crippen LogP contribution in [0.4, 0.5) is 0 Å². The standard InChI is InChI=1S/C28H37N3O5/c1-21-6-4-7-24(16-21)36-20-28(33)19-30(13-10-27(28)32)18-23-8-9-25(34-3)26(17-23)35-15-5-12-31-14-11-29-22(31)2/h4,6-9,11,14,16-17,27,32-33H,5,10,12-13,15,18-20H2,1-3H3/t27-,28-/m0/s1. The quantitative estimate of drug-likeness (QED) is 0.394. The van der Waals surface area contributed by atoms with E-state index < -0.39 is 11.7 Å². The second-order valence-electron chi connectivity index (χ2n) is 9.58. The topological polar surface area (TPSA) is 89.2 Å². The Balaban J connectivity index is 1.35. The maximum absolute atomic E-state index is 11.2.